The number of rotatable bonds is 4. The molecule has 0 bridgehead atoms. The first kappa shape index (κ1) is 20.4. The minimum absolute atomic E-state index is 0.141. The van der Waals surface area contributed by atoms with Crippen LogP contribution in [0.4, 0.5) is 10.2 Å². The first-order chi connectivity index (χ1) is 15.4. The third kappa shape index (κ3) is 3.89. The highest BCUT2D eigenvalue weighted by molar-refractivity contribution is 5.98. The third-order valence-electron chi connectivity index (χ3n) is 6.07. The molecule has 0 unspecified atom stereocenters. The summed E-state index contributed by atoms with van der Waals surface area (Å²) >= 11 is 0. The molecule has 8 heteroatoms. The van der Waals surface area contributed by atoms with Crippen LogP contribution in [0.25, 0.3) is 22.3 Å². The van der Waals surface area contributed by atoms with Crippen molar-refractivity contribution >= 4 is 16.9 Å². The van der Waals surface area contributed by atoms with Gasteiger partial charge in [0.2, 0.25) is 0 Å². The lowest BCUT2D eigenvalue weighted by atomic mass is 9.84. The number of aliphatic hydroxyl groups is 1. The number of halogens is 1. The van der Waals surface area contributed by atoms with Gasteiger partial charge in [-0.3, -0.25) is 0 Å². The lowest BCUT2D eigenvalue weighted by Crippen LogP contribution is -2.31. The number of aromatic nitrogens is 4. The van der Waals surface area contributed by atoms with Gasteiger partial charge in [0.05, 0.1) is 17.0 Å². The second kappa shape index (κ2) is 7.87. The quantitative estimate of drug-likeness (QED) is 0.476. The highest BCUT2D eigenvalue weighted by Gasteiger charge is 2.31. The number of hydrogen-bond donors (Lipinski definition) is 2. The van der Waals surface area contributed by atoms with E-state index in [4.69, 9.17) is 15.6 Å². The van der Waals surface area contributed by atoms with Crippen LogP contribution in [-0.4, -0.2) is 30.5 Å². The highest BCUT2D eigenvalue weighted by Crippen LogP contribution is 2.39. The molecule has 5 rings (SSSR count). The summed E-state index contributed by atoms with van der Waals surface area (Å²) in [6.45, 7) is 1.88. The number of benzene rings is 2. The van der Waals surface area contributed by atoms with Crippen LogP contribution in [-0.2, 0) is 0 Å². The zero-order valence-electron chi connectivity index (χ0n) is 17.7. The van der Waals surface area contributed by atoms with Crippen molar-refractivity contribution in [2.75, 3.05) is 5.73 Å². The maximum Gasteiger partial charge on any atom is 0.164 e. The van der Waals surface area contributed by atoms with Gasteiger partial charge in [0, 0.05) is 5.56 Å². The summed E-state index contributed by atoms with van der Waals surface area (Å²) in [4.78, 5) is 8.65. The number of hydrogen-bond acceptors (Lipinski definition) is 6. The smallest absolute Gasteiger partial charge is 0.164 e. The van der Waals surface area contributed by atoms with Crippen LogP contribution in [0.5, 0.6) is 11.5 Å². The van der Waals surface area contributed by atoms with E-state index < -0.39 is 5.60 Å². The summed E-state index contributed by atoms with van der Waals surface area (Å²) < 4.78 is 20.8. The molecule has 3 N–H and O–H groups in total. The summed E-state index contributed by atoms with van der Waals surface area (Å²) in [5.74, 6) is 1.25. The molecular weight excluding hydrogens is 409 g/mol. The Morgan fingerprint density at radius 1 is 1.03 bits per heavy atom. The van der Waals surface area contributed by atoms with Gasteiger partial charge < -0.3 is 15.6 Å². The van der Waals surface area contributed by atoms with E-state index in [0.717, 1.165) is 23.8 Å². The monoisotopic (exact) mass is 433 g/mol. The minimum atomic E-state index is -0.628. The predicted molar refractivity (Wildman–Crippen MR) is 120 cm³/mol. The standard InChI is InChI=1S/C24H24FN5O2/c1-24(31)12-10-17(11-13-24)30-23-20(22(26)27-14-28-23)21(29-30)15-2-6-18(7-3-15)32-19-8-4-16(25)5-9-19/h2-9,14,17,31H,10-13H2,1H3,(H2,26,27,28)/t17-,24+. The molecule has 0 amide bonds. The predicted octanol–water partition coefficient (Wildman–Crippen LogP) is 4.87. The third-order valence-corrected chi connectivity index (χ3v) is 6.07. The average Bonchev–Trinajstić information content (AvgIpc) is 3.17. The van der Waals surface area contributed by atoms with E-state index >= 15 is 0 Å². The fourth-order valence-corrected chi connectivity index (χ4v) is 4.24. The molecule has 1 saturated carbocycles. The van der Waals surface area contributed by atoms with E-state index in [-0.39, 0.29) is 11.9 Å². The molecule has 2 aromatic heterocycles. The largest absolute Gasteiger partial charge is 0.457 e. The molecule has 0 saturated heterocycles. The maximum atomic E-state index is 13.1. The van der Waals surface area contributed by atoms with Gasteiger partial charge in [-0.2, -0.15) is 5.10 Å². The first-order valence-electron chi connectivity index (χ1n) is 10.6. The van der Waals surface area contributed by atoms with E-state index in [1.807, 2.05) is 35.9 Å². The number of nitrogen functional groups attached to an aromatic ring is 1. The van der Waals surface area contributed by atoms with Crippen LogP contribution in [0.15, 0.2) is 54.9 Å². The van der Waals surface area contributed by atoms with E-state index in [2.05, 4.69) is 9.97 Å². The van der Waals surface area contributed by atoms with Gasteiger partial charge in [-0.05, 0) is 81.1 Å². The van der Waals surface area contributed by atoms with Crippen LogP contribution in [0.2, 0.25) is 0 Å². The van der Waals surface area contributed by atoms with Gasteiger partial charge >= 0.3 is 0 Å². The molecular formula is C24H24FN5O2. The topological polar surface area (TPSA) is 99.1 Å². The van der Waals surface area contributed by atoms with Crippen LogP contribution < -0.4 is 10.5 Å². The molecule has 2 heterocycles. The molecule has 0 radical (unpaired) electrons. The molecule has 4 aromatic rings. The number of nitrogens with two attached hydrogens (primary N) is 1. The van der Waals surface area contributed by atoms with Gasteiger partial charge in [0.1, 0.15) is 35.2 Å². The van der Waals surface area contributed by atoms with Gasteiger partial charge in [-0.15, -0.1) is 0 Å². The zero-order chi connectivity index (χ0) is 22.3. The van der Waals surface area contributed by atoms with Crippen LogP contribution >= 0.6 is 0 Å². The highest BCUT2D eigenvalue weighted by atomic mass is 19.1. The van der Waals surface area contributed by atoms with Crippen LogP contribution in [0.3, 0.4) is 0 Å². The van der Waals surface area contributed by atoms with Crippen molar-refractivity contribution < 1.29 is 14.2 Å². The van der Waals surface area contributed by atoms with Gasteiger partial charge in [0.25, 0.3) is 0 Å². The summed E-state index contributed by atoms with van der Waals surface area (Å²) in [5.41, 5.74) is 7.87. The lowest BCUT2D eigenvalue weighted by molar-refractivity contribution is 0.00900. The fraction of sp³-hybridized carbons (Fsp3) is 0.292. The Kier molecular flexibility index (Phi) is 5.01. The van der Waals surface area contributed by atoms with Crippen molar-refractivity contribution in [1.82, 2.24) is 19.7 Å². The van der Waals surface area contributed by atoms with E-state index in [9.17, 15) is 9.50 Å². The first-order valence-corrected chi connectivity index (χ1v) is 10.6. The molecule has 1 fully saturated rings. The number of anilines is 1. The average molecular weight is 433 g/mol. The SMILES string of the molecule is C[C@]1(O)CC[C@@H](n2nc(-c3ccc(Oc4ccc(F)cc4)cc3)c3c(N)ncnc32)CC1. The van der Waals surface area contributed by atoms with Crippen molar-refractivity contribution in [3.8, 4) is 22.8 Å². The molecule has 32 heavy (non-hydrogen) atoms. The summed E-state index contributed by atoms with van der Waals surface area (Å²) in [5, 5.41) is 15.9. The Hall–Kier alpha value is -3.52. The molecule has 1 aliphatic carbocycles. The number of fused-ring (bicyclic) bond motifs is 1. The summed E-state index contributed by atoms with van der Waals surface area (Å²) in [6, 6.07) is 13.5. The Balaban J connectivity index is 1.48. The fourth-order valence-electron chi connectivity index (χ4n) is 4.24. The molecule has 2 aromatic carbocycles. The molecule has 0 atom stereocenters. The van der Waals surface area contributed by atoms with Crippen LogP contribution in [0.1, 0.15) is 38.6 Å². The number of nitrogens with zero attached hydrogens (tertiary/aromatic N) is 4. The second-order valence-corrected chi connectivity index (χ2v) is 8.56. The Bertz CT molecular complexity index is 1240. The maximum absolute atomic E-state index is 13.1. The number of ether oxygens (including phenoxy) is 1. The summed E-state index contributed by atoms with van der Waals surface area (Å²) in [6.07, 6.45) is 4.52. The second-order valence-electron chi connectivity index (χ2n) is 8.56. The van der Waals surface area contributed by atoms with Crippen molar-refractivity contribution in [3.05, 3.63) is 60.7 Å². The van der Waals surface area contributed by atoms with Crippen LogP contribution in [0, 0.1) is 5.82 Å². The van der Waals surface area contributed by atoms with Gasteiger partial charge in [-0.25, -0.2) is 19.0 Å². The Morgan fingerprint density at radius 2 is 1.66 bits per heavy atom. The molecule has 7 nitrogen and oxygen atoms in total. The Morgan fingerprint density at radius 3 is 2.31 bits per heavy atom. The normalized spacial score (nSPS) is 21.0. The van der Waals surface area contributed by atoms with Crippen molar-refractivity contribution in [1.29, 1.82) is 0 Å². The summed E-state index contributed by atoms with van der Waals surface area (Å²) in [7, 11) is 0. The van der Waals surface area contributed by atoms with E-state index in [0.29, 0.717) is 41.5 Å². The van der Waals surface area contributed by atoms with Crippen molar-refractivity contribution in [2.24, 2.45) is 0 Å². The molecule has 164 valence electrons. The minimum Gasteiger partial charge on any atom is -0.457 e. The van der Waals surface area contributed by atoms with Crippen molar-refractivity contribution in [3.63, 3.8) is 0 Å². The molecule has 1 aliphatic rings. The zero-order valence-corrected chi connectivity index (χ0v) is 17.7. The van der Waals surface area contributed by atoms with E-state index in [1.54, 1.807) is 12.1 Å². The van der Waals surface area contributed by atoms with Crippen molar-refractivity contribution in [2.45, 2.75) is 44.2 Å². The Labute approximate surface area is 184 Å². The van der Waals surface area contributed by atoms with Gasteiger partial charge in [0.15, 0.2) is 5.65 Å². The molecule has 0 aliphatic heterocycles. The lowest BCUT2D eigenvalue weighted by Gasteiger charge is -2.33. The van der Waals surface area contributed by atoms with E-state index in [1.165, 1.54) is 18.5 Å². The molecule has 0 spiro atoms. The van der Waals surface area contributed by atoms with Gasteiger partial charge in [-0.1, -0.05) is 0 Å².